The van der Waals surface area contributed by atoms with E-state index in [2.05, 4.69) is 0 Å². The molecule has 0 atom stereocenters. The predicted octanol–water partition coefficient (Wildman–Crippen LogP) is -1.73. The molecule has 0 aliphatic heterocycles. The van der Waals surface area contributed by atoms with Gasteiger partial charge < -0.3 is 21.2 Å². The Kier molecular flexibility index (Phi) is 202. The van der Waals surface area contributed by atoms with Crippen molar-refractivity contribution in [3.8, 4) is 0 Å². The third-order valence-corrected chi connectivity index (χ3v) is 0. The number of hydrogen-bond donors (Lipinski definition) is 0. The largest absolute Gasteiger partial charge is 0.412 e. The van der Waals surface area contributed by atoms with Crippen molar-refractivity contribution >= 4 is 5.78 Å². The lowest BCUT2D eigenvalue weighted by Gasteiger charge is -1.56. The summed E-state index contributed by atoms with van der Waals surface area (Å²) in [5.41, 5.74) is 0. The van der Waals surface area contributed by atoms with Crippen LogP contribution in [0.3, 0.4) is 0 Å². The molecular formula is C3H13FO4. The van der Waals surface area contributed by atoms with Crippen LogP contribution in [0.5, 0.6) is 0 Å². The number of hydrogen-bond acceptors (Lipinski definition) is 1. The van der Waals surface area contributed by atoms with Crippen LogP contribution in [0.25, 0.3) is 0 Å². The summed E-state index contributed by atoms with van der Waals surface area (Å²) >= 11 is 0. The molecule has 56 valence electrons. The summed E-state index contributed by atoms with van der Waals surface area (Å²) in [5, 5.41) is 0. The molecule has 0 aromatic heterocycles. The van der Waals surface area contributed by atoms with E-state index < -0.39 is 0 Å². The van der Waals surface area contributed by atoms with Gasteiger partial charge in [0.1, 0.15) is 5.78 Å². The molecule has 0 amide bonds. The fourth-order valence-electron chi connectivity index (χ4n) is 0. The van der Waals surface area contributed by atoms with Crippen LogP contribution >= 0.6 is 0 Å². The number of rotatable bonds is 0. The molecule has 6 N–H and O–H groups in total. The predicted molar refractivity (Wildman–Crippen MR) is 29.7 cm³/mol. The van der Waals surface area contributed by atoms with Crippen LogP contribution in [0, 0.1) is 0 Å². The van der Waals surface area contributed by atoms with Crippen LogP contribution in [-0.4, -0.2) is 22.2 Å². The van der Waals surface area contributed by atoms with Gasteiger partial charge in [0.25, 0.3) is 0 Å². The third kappa shape index (κ3) is 407. The summed E-state index contributed by atoms with van der Waals surface area (Å²) in [6, 6.07) is 0. The summed E-state index contributed by atoms with van der Waals surface area (Å²) in [4.78, 5) is 9.44. The zero-order valence-electron chi connectivity index (χ0n) is 4.82. The summed E-state index contributed by atoms with van der Waals surface area (Å²) < 4.78 is 0. The van der Waals surface area contributed by atoms with Gasteiger partial charge in [-0.1, -0.05) is 0 Å². The van der Waals surface area contributed by atoms with Gasteiger partial charge in [-0.25, -0.2) is 0 Å². The minimum Gasteiger partial charge on any atom is -0.412 e. The first-order chi connectivity index (χ1) is 1.73. The molecule has 0 heterocycles. The molecule has 0 radical (unpaired) electrons. The van der Waals surface area contributed by atoms with Gasteiger partial charge in [-0.2, -0.15) is 0 Å². The summed E-state index contributed by atoms with van der Waals surface area (Å²) in [5.74, 6) is 0.167. The van der Waals surface area contributed by atoms with E-state index in [-0.39, 0.29) is 26.9 Å². The highest BCUT2D eigenvalue weighted by atomic mass is 19.0. The van der Waals surface area contributed by atoms with Crippen LogP contribution in [0.4, 0.5) is 4.70 Å². The maximum absolute atomic E-state index is 9.44. The van der Waals surface area contributed by atoms with Crippen LogP contribution in [0.15, 0.2) is 0 Å². The molecule has 0 rings (SSSR count). The van der Waals surface area contributed by atoms with Crippen molar-refractivity contribution in [2.24, 2.45) is 0 Å². The van der Waals surface area contributed by atoms with Crippen molar-refractivity contribution in [2.75, 3.05) is 0 Å². The molecule has 0 saturated carbocycles. The maximum Gasteiger partial charge on any atom is 0.126 e. The van der Waals surface area contributed by atoms with Gasteiger partial charge in [0.15, 0.2) is 0 Å². The van der Waals surface area contributed by atoms with E-state index in [1.807, 2.05) is 0 Å². The fraction of sp³-hybridized carbons (Fsp3) is 0.667. The highest BCUT2D eigenvalue weighted by Crippen LogP contribution is 1.50. The van der Waals surface area contributed by atoms with Crippen molar-refractivity contribution in [1.82, 2.24) is 0 Å². The molecule has 0 aliphatic carbocycles. The Hall–Kier alpha value is -0.520. The highest BCUT2D eigenvalue weighted by Gasteiger charge is 1.62. The molecule has 0 bridgehead atoms. The first-order valence-corrected chi connectivity index (χ1v) is 1.20. The van der Waals surface area contributed by atoms with Gasteiger partial charge in [0.2, 0.25) is 0 Å². The van der Waals surface area contributed by atoms with Crippen LogP contribution in [0.2, 0.25) is 0 Å². The monoisotopic (exact) mass is 132 g/mol. The molecule has 4 nitrogen and oxygen atoms in total. The Morgan fingerprint density at radius 2 is 1.00 bits per heavy atom. The van der Waals surface area contributed by atoms with Crippen molar-refractivity contribution in [3.05, 3.63) is 0 Å². The Morgan fingerprint density at radius 3 is 1.00 bits per heavy atom. The normalized spacial score (nSPS) is 3.25. The molecule has 0 spiro atoms. The minimum absolute atomic E-state index is 0. The van der Waals surface area contributed by atoms with Crippen molar-refractivity contribution in [2.45, 2.75) is 13.8 Å². The van der Waals surface area contributed by atoms with Gasteiger partial charge >= 0.3 is 0 Å². The zero-order chi connectivity index (χ0) is 3.58. The highest BCUT2D eigenvalue weighted by molar-refractivity contribution is 5.72. The quantitative estimate of drug-likeness (QED) is 0.383. The topological polar surface area (TPSA) is 112 Å². The van der Waals surface area contributed by atoms with Crippen molar-refractivity contribution in [1.29, 1.82) is 0 Å². The van der Waals surface area contributed by atoms with Crippen molar-refractivity contribution < 1.29 is 25.9 Å². The smallest absolute Gasteiger partial charge is 0.126 e. The number of carbonyl (C=O) groups is 1. The lowest BCUT2D eigenvalue weighted by atomic mass is 10.6. The van der Waals surface area contributed by atoms with Crippen LogP contribution < -0.4 is 0 Å². The number of carbonyl (C=O) groups excluding carboxylic acids is 1. The molecule has 0 aromatic carbocycles. The maximum atomic E-state index is 9.44. The van der Waals surface area contributed by atoms with E-state index in [9.17, 15) is 4.79 Å². The second kappa shape index (κ2) is 31.6. The Bertz CT molecular complexity index is 34.3. The van der Waals surface area contributed by atoms with Gasteiger partial charge in [-0.05, 0) is 13.8 Å². The molecule has 8 heavy (non-hydrogen) atoms. The molecule has 0 fully saturated rings. The molecular weight excluding hydrogens is 119 g/mol. The Morgan fingerprint density at radius 1 is 1.00 bits per heavy atom. The van der Waals surface area contributed by atoms with E-state index in [1.54, 1.807) is 0 Å². The SMILES string of the molecule is CC(C)=O.F.O.O.O. The van der Waals surface area contributed by atoms with Crippen LogP contribution in [-0.2, 0) is 4.79 Å². The first kappa shape index (κ1) is 51.1. The van der Waals surface area contributed by atoms with E-state index in [0.29, 0.717) is 0 Å². The number of halogens is 1. The lowest BCUT2D eigenvalue weighted by molar-refractivity contribution is -0.114. The zero-order valence-corrected chi connectivity index (χ0v) is 4.82. The standard InChI is InChI=1S/C3H6O.FH.3H2O/c1-3(2)4;;;;/h1-2H3;1H;3*1H2. The Labute approximate surface area is 46.8 Å². The number of ketones is 1. The van der Waals surface area contributed by atoms with Gasteiger partial charge in [-0.3, -0.25) is 4.70 Å². The van der Waals surface area contributed by atoms with E-state index >= 15 is 0 Å². The molecule has 5 heteroatoms. The third-order valence-electron chi connectivity index (χ3n) is 0. The van der Waals surface area contributed by atoms with Crippen molar-refractivity contribution in [3.63, 3.8) is 0 Å². The average molecular weight is 132 g/mol. The van der Waals surface area contributed by atoms with E-state index in [0.717, 1.165) is 0 Å². The fourth-order valence-corrected chi connectivity index (χ4v) is 0. The summed E-state index contributed by atoms with van der Waals surface area (Å²) in [6.45, 7) is 3.06. The number of Topliss-reactive ketones (excluding diaryl/α,β-unsaturated/α-hetero) is 1. The first-order valence-electron chi connectivity index (χ1n) is 1.20. The van der Waals surface area contributed by atoms with E-state index in [4.69, 9.17) is 0 Å². The molecule has 0 aliphatic rings. The Balaban J connectivity index is -0.00000000750. The van der Waals surface area contributed by atoms with Gasteiger partial charge in [0.05, 0.1) is 0 Å². The van der Waals surface area contributed by atoms with Gasteiger partial charge in [0, 0.05) is 0 Å². The van der Waals surface area contributed by atoms with E-state index in [1.165, 1.54) is 13.8 Å². The summed E-state index contributed by atoms with van der Waals surface area (Å²) in [7, 11) is 0. The molecule has 0 unspecified atom stereocenters. The molecule has 0 aromatic rings. The van der Waals surface area contributed by atoms with Gasteiger partial charge in [-0.15, -0.1) is 0 Å². The second-order valence-electron chi connectivity index (χ2n) is 0.908. The summed E-state index contributed by atoms with van der Waals surface area (Å²) in [6.07, 6.45) is 0. The molecule has 0 saturated heterocycles. The second-order valence-corrected chi connectivity index (χ2v) is 0.908. The average Bonchev–Trinajstić information content (AvgIpc) is 0.811. The lowest BCUT2D eigenvalue weighted by Crippen LogP contribution is -1.69. The van der Waals surface area contributed by atoms with Crippen LogP contribution in [0.1, 0.15) is 13.8 Å². The minimum atomic E-state index is 0.